The third-order valence-corrected chi connectivity index (χ3v) is 4.45. The van der Waals surface area contributed by atoms with Crippen molar-refractivity contribution in [3.05, 3.63) is 72.1 Å². The molecule has 0 atom stereocenters. The van der Waals surface area contributed by atoms with E-state index in [9.17, 15) is 8.78 Å². The Morgan fingerprint density at radius 2 is 1.70 bits per heavy atom. The molecule has 4 aromatic rings. The van der Waals surface area contributed by atoms with Gasteiger partial charge in [-0.3, -0.25) is 4.98 Å². The van der Waals surface area contributed by atoms with E-state index in [0.717, 1.165) is 33.7 Å². The number of nitrogens with one attached hydrogen (secondary N) is 1. The van der Waals surface area contributed by atoms with Crippen LogP contribution in [0.3, 0.4) is 0 Å². The van der Waals surface area contributed by atoms with E-state index < -0.39 is 11.6 Å². The smallest absolute Gasteiger partial charge is 0.163 e. The van der Waals surface area contributed by atoms with Gasteiger partial charge in [0.05, 0.1) is 5.52 Å². The molecule has 4 nitrogen and oxygen atoms in total. The summed E-state index contributed by atoms with van der Waals surface area (Å²) < 4.78 is 27.4. The SMILES string of the molecule is CNc1nc(-c2cccnc2)nc2c(C)c(-c3cc(F)cc(F)c3)ccc12. The lowest BCUT2D eigenvalue weighted by molar-refractivity contribution is 0.584. The molecule has 4 rings (SSSR count). The summed E-state index contributed by atoms with van der Waals surface area (Å²) in [6.07, 6.45) is 3.38. The van der Waals surface area contributed by atoms with Crippen LogP contribution in [0.4, 0.5) is 14.6 Å². The maximum absolute atomic E-state index is 13.7. The molecular formula is C21H16F2N4. The fraction of sp³-hybridized carbons (Fsp3) is 0.0952. The van der Waals surface area contributed by atoms with Gasteiger partial charge in [-0.2, -0.15) is 0 Å². The Hall–Kier alpha value is -3.41. The Morgan fingerprint density at radius 3 is 2.37 bits per heavy atom. The first-order valence-corrected chi connectivity index (χ1v) is 8.43. The van der Waals surface area contributed by atoms with E-state index in [1.54, 1.807) is 19.4 Å². The summed E-state index contributed by atoms with van der Waals surface area (Å²) in [6.45, 7) is 1.89. The number of benzene rings is 2. The number of hydrogen-bond donors (Lipinski definition) is 1. The van der Waals surface area contributed by atoms with Gasteiger partial charge in [-0.1, -0.05) is 6.07 Å². The van der Waals surface area contributed by atoms with Crippen LogP contribution in [0, 0.1) is 18.6 Å². The number of hydrogen-bond acceptors (Lipinski definition) is 4. The Kier molecular flexibility index (Phi) is 4.24. The summed E-state index contributed by atoms with van der Waals surface area (Å²) in [5.41, 5.74) is 3.52. The van der Waals surface area contributed by atoms with Crippen molar-refractivity contribution in [3.63, 3.8) is 0 Å². The highest BCUT2D eigenvalue weighted by Gasteiger charge is 2.14. The van der Waals surface area contributed by atoms with Crippen molar-refractivity contribution in [2.45, 2.75) is 6.92 Å². The van der Waals surface area contributed by atoms with Gasteiger partial charge in [0.1, 0.15) is 17.5 Å². The number of pyridine rings is 1. The molecule has 1 N–H and O–H groups in total. The highest BCUT2D eigenvalue weighted by molar-refractivity contribution is 5.96. The van der Waals surface area contributed by atoms with Gasteiger partial charge in [-0.25, -0.2) is 18.7 Å². The van der Waals surface area contributed by atoms with Crippen LogP contribution in [0.2, 0.25) is 0 Å². The lowest BCUT2D eigenvalue weighted by atomic mass is 9.97. The van der Waals surface area contributed by atoms with Gasteiger partial charge in [0.25, 0.3) is 0 Å². The molecule has 6 heteroatoms. The maximum Gasteiger partial charge on any atom is 0.163 e. The molecule has 0 unspecified atom stereocenters. The lowest BCUT2D eigenvalue weighted by Crippen LogP contribution is -2.01. The summed E-state index contributed by atoms with van der Waals surface area (Å²) in [5, 5.41) is 3.93. The topological polar surface area (TPSA) is 50.7 Å². The molecule has 0 saturated carbocycles. The number of aromatic nitrogens is 3. The summed E-state index contributed by atoms with van der Waals surface area (Å²) in [6, 6.07) is 10.9. The van der Waals surface area contributed by atoms with Crippen molar-refractivity contribution in [1.82, 2.24) is 15.0 Å². The average Bonchev–Trinajstić information content (AvgIpc) is 2.67. The summed E-state index contributed by atoms with van der Waals surface area (Å²) in [7, 11) is 1.79. The zero-order valence-corrected chi connectivity index (χ0v) is 14.8. The van der Waals surface area contributed by atoms with Crippen LogP contribution < -0.4 is 5.32 Å². The number of halogens is 2. The van der Waals surface area contributed by atoms with Crippen molar-refractivity contribution in [1.29, 1.82) is 0 Å². The summed E-state index contributed by atoms with van der Waals surface area (Å²) in [5.74, 6) is -0.0113. The van der Waals surface area contributed by atoms with Crippen LogP contribution >= 0.6 is 0 Å². The van der Waals surface area contributed by atoms with Crippen LogP contribution in [0.1, 0.15) is 5.56 Å². The number of fused-ring (bicyclic) bond motifs is 1. The quantitative estimate of drug-likeness (QED) is 0.558. The van der Waals surface area contributed by atoms with Crippen LogP contribution in [-0.4, -0.2) is 22.0 Å². The van der Waals surface area contributed by atoms with E-state index in [0.29, 0.717) is 17.2 Å². The van der Waals surface area contributed by atoms with E-state index in [1.807, 2.05) is 31.2 Å². The third kappa shape index (κ3) is 3.10. The van der Waals surface area contributed by atoms with Gasteiger partial charge in [0, 0.05) is 36.5 Å². The first kappa shape index (κ1) is 17.0. The molecule has 0 aliphatic heterocycles. The van der Waals surface area contributed by atoms with Gasteiger partial charge in [-0.05, 0) is 53.9 Å². The molecule has 0 radical (unpaired) electrons. The predicted octanol–water partition coefficient (Wildman–Crippen LogP) is 4.99. The Morgan fingerprint density at radius 1 is 0.926 bits per heavy atom. The summed E-state index contributed by atoms with van der Waals surface area (Å²) >= 11 is 0. The van der Waals surface area contributed by atoms with E-state index in [2.05, 4.69) is 15.3 Å². The summed E-state index contributed by atoms with van der Waals surface area (Å²) in [4.78, 5) is 13.4. The number of nitrogens with zero attached hydrogens (tertiary/aromatic N) is 3. The molecule has 2 heterocycles. The normalized spacial score (nSPS) is 11.0. The highest BCUT2D eigenvalue weighted by atomic mass is 19.1. The van der Waals surface area contributed by atoms with Crippen LogP contribution in [0.15, 0.2) is 54.9 Å². The molecule has 0 aliphatic carbocycles. The predicted molar refractivity (Wildman–Crippen MR) is 102 cm³/mol. The molecule has 0 fully saturated rings. The highest BCUT2D eigenvalue weighted by Crippen LogP contribution is 2.33. The third-order valence-electron chi connectivity index (χ3n) is 4.45. The Balaban J connectivity index is 1.98. The molecule has 0 aliphatic rings. The molecule has 0 amide bonds. The van der Waals surface area contributed by atoms with Gasteiger partial charge >= 0.3 is 0 Å². The second-order valence-corrected chi connectivity index (χ2v) is 6.18. The average molecular weight is 362 g/mol. The molecule has 2 aromatic carbocycles. The monoisotopic (exact) mass is 362 g/mol. The number of rotatable bonds is 3. The fourth-order valence-corrected chi connectivity index (χ4v) is 3.17. The second kappa shape index (κ2) is 6.72. The largest absolute Gasteiger partial charge is 0.373 e. The number of aryl methyl sites for hydroxylation is 1. The second-order valence-electron chi connectivity index (χ2n) is 6.18. The van der Waals surface area contributed by atoms with Crippen molar-refractivity contribution in [2.24, 2.45) is 0 Å². The van der Waals surface area contributed by atoms with Crippen molar-refractivity contribution in [3.8, 4) is 22.5 Å². The minimum atomic E-state index is -0.612. The minimum Gasteiger partial charge on any atom is -0.373 e. The molecule has 27 heavy (non-hydrogen) atoms. The van der Waals surface area contributed by atoms with E-state index in [4.69, 9.17) is 4.98 Å². The van der Waals surface area contributed by atoms with Crippen LogP contribution in [-0.2, 0) is 0 Å². The first-order valence-electron chi connectivity index (χ1n) is 8.43. The zero-order valence-electron chi connectivity index (χ0n) is 14.8. The van der Waals surface area contributed by atoms with Gasteiger partial charge in [0.2, 0.25) is 0 Å². The van der Waals surface area contributed by atoms with Crippen molar-refractivity contribution >= 4 is 16.7 Å². The van der Waals surface area contributed by atoms with Gasteiger partial charge < -0.3 is 5.32 Å². The van der Waals surface area contributed by atoms with Gasteiger partial charge in [-0.15, -0.1) is 0 Å². The minimum absolute atomic E-state index is 0.472. The molecular weight excluding hydrogens is 346 g/mol. The van der Waals surface area contributed by atoms with Crippen molar-refractivity contribution in [2.75, 3.05) is 12.4 Å². The molecule has 0 spiro atoms. The Labute approximate surface area is 154 Å². The molecule has 2 aromatic heterocycles. The fourth-order valence-electron chi connectivity index (χ4n) is 3.17. The lowest BCUT2D eigenvalue weighted by Gasteiger charge is -2.13. The van der Waals surface area contributed by atoms with Crippen LogP contribution in [0.25, 0.3) is 33.4 Å². The first-order chi connectivity index (χ1) is 13.1. The van der Waals surface area contributed by atoms with Crippen LogP contribution in [0.5, 0.6) is 0 Å². The molecule has 0 saturated heterocycles. The number of anilines is 1. The molecule has 0 bridgehead atoms. The van der Waals surface area contributed by atoms with E-state index in [-0.39, 0.29) is 0 Å². The van der Waals surface area contributed by atoms with Crippen molar-refractivity contribution < 1.29 is 8.78 Å². The Bertz CT molecular complexity index is 1120. The molecule has 134 valence electrons. The van der Waals surface area contributed by atoms with Gasteiger partial charge in [0.15, 0.2) is 5.82 Å². The van der Waals surface area contributed by atoms with E-state index in [1.165, 1.54) is 12.1 Å². The zero-order chi connectivity index (χ0) is 19.0. The van der Waals surface area contributed by atoms with E-state index >= 15 is 0 Å². The standard InChI is InChI=1S/C21H16F2N4/c1-12-17(14-8-15(22)10-16(23)9-14)5-6-18-19(12)26-20(27-21(18)24-2)13-4-3-7-25-11-13/h3-11H,1-2H3,(H,24,26,27). The maximum atomic E-state index is 13.7.